The molecule has 0 saturated carbocycles. The van der Waals surface area contributed by atoms with Crippen LogP contribution in [0.15, 0.2) is 48.5 Å². The van der Waals surface area contributed by atoms with E-state index in [1.165, 1.54) is 5.56 Å². The Labute approximate surface area is 115 Å². The van der Waals surface area contributed by atoms with Crippen LogP contribution in [0.4, 0.5) is 11.4 Å². The predicted octanol–water partition coefficient (Wildman–Crippen LogP) is 5.00. The van der Waals surface area contributed by atoms with E-state index in [4.69, 9.17) is 11.6 Å². The number of para-hydroxylation sites is 1. The Morgan fingerprint density at radius 3 is 2.47 bits per heavy atom. The van der Waals surface area contributed by atoms with E-state index in [1.807, 2.05) is 36.4 Å². The van der Waals surface area contributed by atoms with Crippen LogP contribution in [-0.2, 0) is 5.33 Å². The summed E-state index contributed by atoms with van der Waals surface area (Å²) in [6, 6.07) is 16.2. The number of nitrogens with zero attached hydrogens (tertiary/aromatic N) is 1. The summed E-state index contributed by atoms with van der Waals surface area (Å²) in [5, 5.41) is 1.56. The summed E-state index contributed by atoms with van der Waals surface area (Å²) < 4.78 is 0. The zero-order valence-corrected chi connectivity index (χ0v) is 11.9. The van der Waals surface area contributed by atoms with Crippen molar-refractivity contribution in [3.63, 3.8) is 0 Å². The first-order valence-corrected chi connectivity index (χ1v) is 6.85. The Balaban J connectivity index is 2.40. The molecule has 0 fully saturated rings. The van der Waals surface area contributed by atoms with Gasteiger partial charge in [0, 0.05) is 28.8 Å². The largest absolute Gasteiger partial charge is 0.344 e. The first-order valence-electron chi connectivity index (χ1n) is 5.35. The number of rotatable bonds is 3. The zero-order valence-electron chi connectivity index (χ0n) is 9.53. The van der Waals surface area contributed by atoms with Gasteiger partial charge in [0.25, 0.3) is 0 Å². The molecule has 3 heteroatoms. The zero-order chi connectivity index (χ0) is 12.3. The fourth-order valence-electron chi connectivity index (χ4n) is 1.78. The second kappa shape index (κ2) is 5.56. The monoisotopic (exact) mass is 309 g/mol. The van der Waals surface area contributed by atoms with E-state index in [9.17, 15) is 0 Å². The van der Waals surface area contributed by atoms with Gasteiger partial charge in [0.15, 0.2) is 0 Å². The molecule has 0 amide bonds. The minimum absolute atomic E-state index is 0.768. The van der Waals surface area contributed by atoms with Crippen LogP contribution in [0.25, 0.3) is 0 Å². The Morgan fingerprint density at radius 1 is 1.12 bits per heavy atom. The van der Waals surface area contributed by atoms with E-state index in [1.54, 1.807) is 0 Å². The number of halogens is 2. The van der Waals surface area contributed by atoms with E-state index in [-0.39, 0.29) is 0 Å². The molecule has 88 valence electrons. The van der Waals surface area contributed by atoms with E-state index in [0.29, 0.717) is 0 Å². The second-order valence-electron chi connectivity index (χ2n) is 3.80. The normalized spacial score (nSPS) is 10.3. The molecule has 2 rings (SSSR count). The molecule has 1 nitrogen and oxygen atoms in total. The van der Waals surface area contributed by atoms with Crippen LogP contribution in [0.2, 0.25) is 5.02 Å². The van der Waals surface area contributed by atoms with Crippen molar-refractivity contribution in [2.45, 2.75) is 5.33 Å². The molecule has 0 radical (unpaired) electrons. The topological polar surface area (TPSA) is 3.24 Å². The maximum atomic E-state index is 6.01. The number of hydrogen-bond acceptors (Lipinski definition) is 1. The molecular formula is C14H13BrClN. The number of alkyl halides is 1. The Kier molecular flexibility index (Phi) is 4.08. The molecule has 0 aliphatic rings. The van der Waals surface area contributed by atoms with E-state index < -0.39 is 0 Å². The number of hydrogen-bond donors (Lipinski definition) is 0. The number of anilines is 2. The van der Waals surface area contributed by atoms with Gasteiger partial charge in [-0.3, -0.25) is 0 Å². The molecule has 0 bridgehead atoms. The van der Waals surface area contributed by atoms with Crippen molar-refractivity contribution in [1.82, 2.24) is 0 Å². The van der Waals surface area contributed by atoms with Crippen LogP contribution < -0.4 is 4.90 Å². The van der Waals surface area contributed by atoms with Crippen LogP contribution in [-0.4, -0.2) is 7.05 Å². The fourth-order valence-corrected chi connectivity index (χ4v) is 2.42. The molecule has 0 aliphatic carbocycles. The van der Waals surface area contributed by atoms with Crippen molar-refractivity contribution in [2.75, 3.05) is 11.9 Å². The van der Waals surface area contributed by atoms with Crippen molar-refractivity contribution in [2.24, 2.45) is 0 Å². The van der Waals surface area contributed by atoms with Gasteiger partial charge in [0.1, 0.15) is 0 Å². The van der Waals surface area contributed by atoms with Gasteiger partial charge >= 0.3 is 0 Å². The molecule has 0 aromatic heterocycles. The molecule has 0 saturated heterocycles. The smallest absolute Gasteiger partial charge is 0.0450 e. The van der Waals surface area contributed by atoms with Crippen molar-refractivity contribution in [3.8, 4) is 0 Å². The SMILES string of the molecule is CN(c1ccccc1)c1ccc(Cl)cc1CBr. The summed E-state index contributed by atoms with van der Waals surface area (Å²) in [6.07, 6.45) is 0. The lowest BCUT2D eigenvalue weighted by molar-refractivity contribution is 1.18. The van der Waals surface area contributed by atoms with E-state index >= 15 is 0 Å². The lowest BCUT2D eigenvalue weighted by Gasteiger charge is -2.22. The first-order chi connectivity index (χ1) is 8.22. The Hall–Kier alpha value is -0.990. The van der Waals surface area contributed by atoms with Crippen molar-refractivity contribution in [1.29, 1.82) is 0 Å². The van der Waals surface area contributed by atoms with Gasteiger partial charge in [-0.05, 0) is 35.9 Å². The highest BCUT2D eigenvalue weighted by atomic mass is 79.9. The standard InChI is InChI=1S/C14H13BrClN/c1-17(13-5-3-2-4-6-13)14-8-7-12(16)9-11(14)10-15/h2-9H,10H2,1H3. The van der Waals surface area contributed by atoms with Crippen LogP contribution in [0.5, 0.6) is 0 Å². The van der Waals surface area contributed by atoms with Gasteiger partial charge in [-0.25, -0.2) is 0 Å². The highest BCUT2D eigenvalue weighted by Gasteiger charge is 2.08. The summed E-state index contributed by atoms with van der Waals surface area (Å²) in [5.41, 5.74) is 3.51. The maximum Gasteiger partial charge on any atom is 0.0450 e. The van der Waals surface area contributed by atoms with E-state index in [0.717, 1.165) is 21.7 Å². The quantitative estimate of drug-likeness (QED) is 0.721. The van der Waals surface area contributed by atoms with Crippen LogP contribution >= 0.6 is 27.5 Å². The van der Waals surface area contributed by atoms with Gasteiger partial charge in [-0.1, -0.05) is 45.7 Å². The van der Waals surface area contributed by atoms with Gasteiger partial charge < -0.3 is 4.90 Å². The lowest BCUT2D eigenvalue weighted by atomic mass is 10.1. The van der Waals surface area contributed by atoms with E-state index in [2.05, 4.69) is 40.0 Å². The Bertz CT molecular complexity index is 499. The average molecular weight is 311 g/mol. The molecule has 0 spiro atoms. The van der Waals surface area contributed by atoms with Crippen molar-refractivity contribution < 1.29 is 0 Å². The molecule has 0 atom stereocenters. The molecule has 0 unspecified atom stereocenters. The molecule has 2 aromatic carbocycles. The molecule has 2 aromatic rings. The van der Waals surface area contributed by atoms with Crippen LogP contribution in [0, 0.1) is 0 Å². The number of benzene rings is 2. The minimum atomic E-state index is 0.768. The molecule has 0 aliphatic heterocycles. The van der Waals surface area contributed by atoms with Crippen molar-refractivity contribution in [3.05, 3.63) is 59.1 Å². The summed E-state index contributed by atoms with van der Waals surface area (Å²) >= 11 is 9.50. The molecule has 0 heterocycles. The fraction of sp³-hybridized carbons (Fsp3) is 0.143. The summed E-state index contributed by atoms with van der Waals surface area (Å²) in [6.45, 7) is 0. The van der Waals surface area contributed by atoms with Gasteiger partial charge in [0.05, 0.1) is 0 Å². The highest BCUT2D eigenvalue weighted by Crippen LogP contribution is 2.30. The lowest BCUT2D eigenvalue weighted by Crippen LogP contribution is -2.11. The summed E-state index contributed by atoms with van der Waals surface area (Å²) in [7, 11) is 2.06. The summed E-state index contributed by atoms with van der Waals surface area (Å²) in [4.78, 5) is 2.16. The van der Waals surface area contributed by atoms with Gasteiger partial charge in [0.2, 0.25) is 0 Å². The minimum Gasteiger partial charge on any atom is -0.344 e. The third kappa shape index (κ3) is 2.82. The second-order valence-corrected chi connectivity index (χ2v) is 4.80. The third-order valence-corrected chi connectivity index (χ3v) is 3.53. The predicted molar refractivity (Wildman–Crippen MR) is 78.6 cm³/mol. The molecular weight excluding hydrogens is 298 g/mol. The third-order valence-electron chi connectivity index (χ3n) is 2.69. The van der Waals surface area contributed by atoms with Gasteiger partial charge in [-0.2, -0.15) is 0 Å². The molecule has 17 heavy (non-hydrogen) atoms. The van der Waals surface area contributed by atoms with Crippen LogP contribution in [0.3, 0.4) is 0 Å². The summed E-state index contributed by atoms with van der Waals surface area (Å²) in [5.74, 6) is 0. The highest BCUT2D eigenvalue weighted by molar-refractivity contribution is 9.08. The maximum absolute atomic E-state index is 6.01. The average Bonchev–Trinajstić information content (AvgIpc) is 2.39. The molecule has 0 N–H and O–H groups in total. The van der Waals surface area contributed by atoms with Crippen molar-refractivity contribution >= 4 is 38.9 Å². The Morgan fingerprint density at radius 2 is 1.82 bits per heavy atom. The first kappa shape index (κ1) is 12.5. The van der Waals surface area contributed by atoms with Crippen LogP contribution in [0.1, 0.15) is 5.56 Å². The van der Waals surface area contributed by atoms with Gasteiger partial charge in [-0.15, -0.1) is 0 Å².